The quantitative estimate of drug-likeness (QED) is 0.685. The number of rotatable bonds is 5. The minimum absolute atomic E-state index is 0.237. The lowest BCUT2D eigenvalue weighted by Crippen LogP contribution is -2.34. The molecule has 1 saturated carbocycles. The summed E-state index contributed by atoms with van der Waals surface area (Å²) in [6.07, 6.45) is 5.75. The lowest BCUT2D eigenvalue weighted by atomic mass is 10.0. The molecule has 0 aromatic carbocycles. The van der Waals surface area contributed by atoms with Crippen LogP contribution >= 0.6 is 0 Å². The van der Waals surface area contributed by atoms with Gasteiger partial charge in [-0.2, -0.15) is 0 Å². The van der Waals surface area contributed by atoms with E-state index in [0.717, 1.165) is 19.3 Å². The maximum absolute atomic E-state index is 11.5. The fourth-order valence-corrected chi connectivity index (χ4v) is 1.93. The SMILES string of the molecule is CC=C(C)CCC1CC1(N)C(=O)CC. The predicted molar refractivity (Wildman–Crippen MR) is 59.0 cm³/mol. The normalized spacial score (nSPS) is 31.7. The van der Waals surface area contributed by atoms with Gasteiger partial charge >= 0.3 is 0 Å². The van der Waals surface area contributed by atoms with Gasteiger partial charge < -0.3 is 5.73 Å². The molecule has 0 aromatic rings. The zero-order chi connectivity index (χ0) is 10.8. The van der Waals surface area contributed by atoms with Crippen molar-refractivity contribution in [3.63, 3.8) is 0 Å². The van der Waals surface area contributed by atoms with Crippen molar-refractivity contribution in [3.8, 4) is 0 Å². The lowest BCUT2D eigenvalue weighted by molar-refractivity contribution is -0.121. The highest BCUT2D eigenvalue weighted by Crippen LogP contribution is 2.46. The summed E-state index contributed by atoms with van der Waals surface area (Å²) in [6, 6.07) is 0. The Kier molecular flexibility index (Phi) is 3.48. The number of Topliss-reactive ketones (excluding diaryl/α,β-unsaturated/α-hetero) is 1. The number of nitrogens with two attached hydrogens (primary N) is 1. The van der Waals surface area contributed by atoms with Gasteiger partial charge in [-0.15, -0.1) is 0 Å². The Labute approximate surface area is 86.6 Å². The van der Waals surface area contributed by atoms with Crippen molar-refractivity contribution in [2.75, 3.05) is 0 Å². The van der Waals surface area contributed by atoms with Crippen LogP contribution in [0.3, 0.4) is 0 Å². The molecule has 2 heteroatoms. The fraction of sp³-hybridized carbons (Fsp3) is 0.750. The summed E-state index contributed by atoms with van der Waals surface area (Å²) >= 11 is 0. The van der Waals surface area contributed by atoms with Crippen LogP contribution in [0.4, 0.5) is 0 Å². The molecule has 1 aliphatic rings. The van der Waals surface area contributed by atoms with Gasteiger partial charge in [0.1, 0.15) is 0 Å². The molecule has 0 amide bonds. The largest absolute Gasteiger partial charge is 0.319 e. The molecule has 0 radical (unpaired) electrons. The average molecular weight is 195 g/mol. The highest BCUT2D eigenvalue weighted by Gasteiger charge is 2.54. The Morgan fingerprint density at radius 2 is 2.29 bits per heavy atom. The number of hydrogen-bond acceptors (Lipinski definition) is 2. The van der Waals surface area contributed by atoms with Crippen LogP contribution in [-0.2, 0) is 4.79 Å². The molecule has 14 heavy (non-hydrogen) atoms. The third kappa shape index (κ3) is 2.24. The first-order chi connectivity index (χ1) is 6.54. The molecule has 2 atom stereocenters. The van der Waals surface area contributed by atoms with Gasteiger partial charge in [-0.3, -0.25) is 4.79 Å². The van der Waals surface area contributed by atoms with Crippen LogP contribution in [0.2, 0.25) is 0 Å². The Morgan fingerprint density at radius 3 is 2.79 bits per heavy atom. The third-order valence-electron chi connectivity index (χ3n) is 3.37. The molecule has 1 aliphatic carbocycles. The van der Waals surface area contributed by atoms with Crippen molar-refractivity contribution in [3.05, 3.63) is 11.6 Å². The molecule has 1 fully saturated rings. The second-order valence-electron chi connectivity index (χ2n) is 4.39. The van der Waals surface area contributed by atoms with Crippen LogP contribution in [0, 0.1) is 5.92 Å². The number of ketones is 1. The Morgan fingerprint density at radius 1 is 1.64 bits per heavy atom. The van der Waals surface area contributed by atoms with Crippen LogP contribution < -0.4 is 5.73 Å². The molecule has 0 saturated heterocycles. The first kappa shape index (κ1) is 11.4. The number of carbonyl (C=O) groups excluding carboxylic acids is 1. The molecular formula is C12H21NO. The highest BCUT2D eigenvalue weighted by atomic mass is 16.1. The summed E-state index contributed by atoms with van der Waals surface area (Å²) in [4.78, 5) is 11.5. The maximum Gasteiger partial charge on any atom is 0.152 e. The summed E-state index contributed by atoms with van der Waals surface area (Å²) in [5.74, 6) is 0.672. The first-order valence-electron chi connectivity index (χ1n) is 5.48. The van der Waals surface area contributed by atoms with E-state index in [0.29, 0.717) is 12.3 Å². The van der Waals surface area contributed by atoms with Gasteiger partial charge in [0, 0.05) is 6.42 Å². The molecule has 1 rings (SSSR count). The van der Waals surface area contributed by atoms with Gasteiger partial charge in [0.25, 0.3) is 0 Å². The van der Waals surface area contributed by atoms with Gasteiger partial charge in [0.15, 0.2) is 5.78 Å². The van der Waals surface area contributed by atoms with E-state index in [4.69, 9.17) is 5.73 Å². The molecule has 2 N–H and O–H groups in total. The molecule has 0 aliphatic heterocycles. The van der Waals surface area contributed by atoms with Gasteiger partial charge in [0.2, 0.25) is 0 Å². The van der Waals surface area contributed by atoms with E-state index in [1.54, 1.807) is 0 Å². The second-order valence-corrected chi connectivity index (χ2v) is 4.39. The molecule has 0 bridgehead atoms. The van der Waals surface area contributed by atoms with E-state index in [1.807, 2.05) is 6.92 Å². The summed E-state index contributed by atoms with van der Waals surface area (Å²) < 4.78 is 0. The van der Waals surface area contributed by atoms with Gasteiger partial charge in [-0.05, 0) is 39.0 Å². The van der Waals surface area contributed by atoms with E-state index in [-0.39, 0.29) is 5.78 Å². The number of hydrogen-bond donors (Lipinski definition) is 1. The van der Waals surface area contributed by atoms with Crippen molar-refractivity contribution in [2.45, 2.75) is 52.0 Å². The fourth-order valence-electron chi connectivity index (χ4n) is 1.93. The van der Waals surface area contributed by atoms with Gasteiger partial charge in [-0.1, -0.05) is 18.6 Å². The Bertz CT molecular complexity index is 257. The van der Waals surface area contributed by atoms with Crippen molar-refractivity contribution >= 4 is 5.78 Å². The van der Waals surface area contributed by atoms with Gasteiger partial charge in [0.05, 0.1) is 5.54 Å². The van der Waals surface area contributed by atoms with Crippen LogP contribution in [0.15, 0.2) is 11.6 Å². The summed E-state index contributed by atoms with van der Waals surface area (Å²) in [5.41, 5.74) is 6.94. The van der Waals surface area contributed by atoms with E-state index in [1.165, 1.54) is 5.57 Å². The van der Waals surface area contributed by atoms with Crippen molar-refractivity contribution in [2.24, 2.45) is 11.7 Å². The minimum atomic E-state index is -0.456. The Balaban J connectivity index is 2.35. The van der Waals surface area contributed by atoms with Crippen LogP contribution in [0.1, 0.15) is 46.5 Å². The first-order valence-corrected chi connectivity index (χ1v) is 5.48. The van der Waals surface area contributed by atoms with Crippen molar-refractivity contribution in [1.82, 2.24) is 0 Å². The topological polar surface area (TPSA) is 43.1 Å². The third-order valence-corrected chi connectivity index (χ3v) is 3.37. The smallest absolute Gasteiger partial charge is 0.152 e. The molecule has 0 aromatic heterocycles. The highest BCUT2D eigenvalue weighted by molar-refractivity contribution is 5.91. The summed E-state index contributed by atoms with van der Waals surface area (Å²) in [5, 5.41) is 0. The van der Waals surface area contributed by atoms with E-state index in [2.05, 4.69) is 19.9 Å². The summed E-state index contributed by atoms with van der Waals surface area (Å²) in [7, 11) is 0. The number of carbonyl (C=O) groups is 1. The monoisotopic (exact) mass is 195 g/mol. The standard InChI is InChI=1S/C12H21NO/c1-4-9(3)6-7-10-8-12(10,13)11(14)5-2/h4,10H,5-8,13H2,1-3H3. The Hall–Kier alpha value is -0.630. The predicted octanol–water partition coefficient (Wildman–Crippen LogP) is 2.43. The number of allylic oxidation sites excluding steroid dienone is 2. The molecule has 2 unspecified atom stereocenters. The zero-order valence-electron chi connectivity index (χ0n) is 9.47. The van der Waals surface area contributed by atoms with Crippen molar-refractivity contribution in [1.29, 1.82) is 0 Å². The van der Waals surface area contributed by atoms with Crippen LogP contribution in [0.25, 0.3) is 0 Å². The van der Waals surface area contributed by atoms with Crippen molar-refractivity contribution < 1.29 is 4.79 Å². The summed E-state index contributed by atoms with van der Waals surface area (Å²) in [6.45, 7) is 6.07. The average Bonchev–Trinajstić information content (AvgIpc) is 2.86. The van der Waals surface area contributed by atoms with Crippen LogP contribution in [-0.4, -0.2) is 11.3 Å². The van der Waals surface area contributed by atoms with E-state index in [9.17, 15) is 4.79 Å². The molecule has 80 valence electrons. The maximum atomic E-state index is 11.5. The minimum Gasteiger partial charge on any atom is -0.319 e. The second kappa shape index (κ2) is 4.26. The lowest BCUT2D eigenvalue weighted by Gasteiger charge is -2.08. The molecule has 2 nitrogen and oxygen atoms in total. The van der Waals surface area contributed by atoms with E-state index < -0.39 is 5.54 Å². The van der Waals surface area contributed by atoms with E-state index >= 15 is 0 Å². The molecular weight excluding hydrogens is 174 g/mol. The molecule has 0 spiro atoms. The van der Waals surface area contributed by atoms with Gasteiger partial charge in [-0.25, -0.2) is 0 Å². The molecule has 0 heterocycles. The zero-order valence-corrected chi connectivity index (χ0v) is 9.47. The van der Waals surface area contributed by atoms with Crippen LogP contribution in [0.5, 0.6) is 0 Å².